The van der Waals surface area contributed by atoms with Gasteiger partial charge in [0.2, 0.25) is 11.8 Å². The monoisotopic (exact) mass is 598 g/mol. The van der Waals surface area contributed by atoms with Crippen LogP contribution in [0.2, 0.25) is 0 Å². The van der Waals surface area contributed by atoms with Crippen LogP contribution in [0, 0.1) is 5.92 Å². The number of ether oxygens (including phenoxy) is 1. The fourth-order valence-electron chi connectivity index (χ4n) is 6.09. The lowest BCUT2D eigenvalue weighted by molar-refractivity contribution is -0.143. The average Bonchev–Trinajstić information content (AvgIpc) is 2.96. The van der Waals surface area contributed by atoms with Crippen molar-refractivity contribution in [2.75, 3.05) is 20.1 Å². The van der Waals surface area contributed by atoms with E-state index in [4.69, 9.17) is 4.74 Å². The topological polar surface area (TPSA) is 49.9 Å². The Morgan fingerprint density at radius 3 is 2.00 bits per heavy atom. The summed E-state index contributed by atoms with van der Waals surface area (Å²) in [6, 6.07) is 10.9. The average molecular weight is 599 g/mol. The minimum atomic E-state index is -4.95. The molecule has 3 atom stereocenters. The third-order valence-electron chi connectivity index (χ3n) is 8.64. The van der Waals surface area contributed by atoms with E-state index in [2.05, 4.69) is 0 Å². The third kappa shape index (κ3) is 7.46. The van der Waals surface area contributed by atoms with Crippen LogP contribution in [0.25, 0.3) is 0 Å². The fourth-order valence-corrected chi connectivity index (χ4v) is 6.09. The van der Waals surface area contributed by atoms with Crippen LogP contribution >= 0.6 is 0 Å². The van der Waals surface area contributed by atoms with Crippen LogP contribution in [-0.2, 0) is 26.7 Å². The Morgan fingerprint density at radius 2 is 1.48 bits per heavy atom. The Labute approximate surface area is 241 Å². The third-order valence-corrected chi connectivity index (χ3v) is 8.64. The SMILES string of the molecule is CC(=O)N(C)C1CCC(C(=O)N2CC[C@H](O[C@H](C)c3cc(C(F)(F)F)cc(C(F)(F)F)c3)[C@H](c3ccccc3)C2)CC1. The summed E-state index contributed by atoms with van der Waals surface area (Å²) in [5.74, 6) is -0.467. The van der Waals surface area contributed by atoms with Crippen LogP contribution in [0.3, 0.4) is 0 Å². The van der Waals surface area contributed by atoms with Crippen molar-refractivity contribution in [3.8, 4) is 0 Å². The molecule has 2 aromatic carbocycles. The molecule has 1 saturated carbocycles. The zero-order valence-corrected chi connectivity index (χ0v) is 23.8. The van der Waals surface area contributed by atoms with Crippen molar-refractivity contribution in [1.82, 2.24) is 9.80 Å². The molecule has 4 rings (SSSR count). The van der Waals surface area contributed by atoms with E-state index >= 15 is 0 Å². The maximum Gasteiger partial charge on any atom is 0.416 e. The van der Waals surface area contributed by atoms with Crippen LogP contribution < -0.4 is 0 Å². The zero-order chi connectivity index (χ0) is 30.8. The highest BCUT2D eigenvalue weighted by Crippen LogP contribution is 2.40. The van der Waals surface area contributed by atoms with Crippen molar-refractivity contribution < 1.29 is 40.7 Å². The van der Waals surface area contributed by atoms with E-state index in [9.17, 15) is 35.9 Å². The molecule has 0 N–H and O–H groups in total. The zero-order valence-electron chi connectivity index (χ0n) is 23.8. The molecular formula is C31H36F6N2O3. The molecule has 0 spiro atoms. The van der Waals surface area contributed by atoms with Gasteiger partial charge >= 0.3 is 12.4 Å². The first-order chi connectivity index (χ1) is 19.6. The van der Waals surface area contributed by atoms with Crippen LogP contribution in [0.5, 0.6) is 0 Å². The standard InChI is InChI=1S/C31H36F6N2O3/c1-19(23-15-24(30(32,33)34)17-25(16-23)31(35,36)37)42-28-13-14-39(18-27(28)21-7-5-4-6-8-21)29(41)22-9-11-26(12-10-22)38(3)20(2)40/h4-8,15-17,19,22,26-28H,9-14,18H2,1-3H3/t19-,22?,26?,27+,28+/m1/s1. The Hall–Kier alpha value is -3.08. The molecule has 0 unspecified atom stereocenters. The highest BCUT2D eigenvalue weighted by Gasteiger charge is 2.40. The summed E-state index contributed by atoms with van der Waals surface area (Å²) in [6.45, 7) is 3.66. The summed E-state index contributed by atoms with van der Waals surface area (Å²) in [5, 5.41) is 0. The van der Waals surface area contributed by atoms with E-state index in [-0.39, 0.29) is 41.3 Å². The molecule has 2 aliphatic rings. The highest BCUT2D eigenvalue weighted by atomic mass is 19.4. The number of carbonyl (C=O) groups is 2. The van der Waals surface area contributed by atoms with Gasteiger partial charge in [0.05, 0.1) is 23.3 Å². The molecule has 11 heteroatoms. The molecule has 0 bridgehead atoms. The minimum Gasteiger partial charge on any atom is -0.370 e. The number of nitrogens with zero attached hydrogens (tertiary/aromatic N) is 2. The second-order valence-electron chi connectivity index (χ2n) is 11.4. The molecule has 2 amide bonds. The highest BCUT2D eigenvalue weighted by molar-refractivity contribution is 5.79. The van der Waals surface area contributed by atoms with E-state index in [1.165, 1.54) is 13.8 Å². The van der Waals surface area contributed by atoms with E-state index in [0.717, 1.165) is 18.4 Å². The smallest absolute Gasteiger partial charge is 0.370 e. The molecule has 42 heavy (non-hydrogen) atoms. The minimum absolute atomic E-state index is 0.00783. The largest absolute Gasteiger partial charge is 0.416 e. The number of hydrogen-bond donors (Lipinski definition) is 0. The van der Waals surface area contributed by atoms with Crippen molar-refractivity contribution in [1.29, 1.82) is 0 Å². The molecule has 2 fully saturated rings. The van der Waals surface area contributed by atoms with E-state index in [1.54, 1.807) is 16.8 Å². The van der Waals surface area contributed by atoms with Gasteiger partial charge in [0.1, 0.15) is 0 Å². The summed E-state index contributed by atoms with van der Waals surface area (Å²) in [6.07, 6.45) is -8.29. The lowest BCUT2D eigenvalue weighted by atomic mass is 9.82. The van der Waals surface area contributed by atoms with Gasteiger partial charge in [0.25, 0.3) is 0 Å². The summed E-state index contributed by atoms with van der Waals surface area (Å²) in [5.41, 5.74) is -2.10. The maximum absolute atomic E-state index is 13.5. The van der Waals surface area contributed by atoms with Gasteiger partial charge in [0, 0.05) is 44.9 Å². The van der Waals surface area contributed by atoms with Crippen molar-refractivity contribution in [3.05, 3.63) is 70.8 Å². The first-order valence-corrected chi connectivity index (χ1v) is 14.2. The molecule has 1 saturated heterocycles. The number of hydrogen-bond acceptors (Lipinski definition) is 3. The Bertz CT molecular complexity index is 1210. The van der Waals surface area contributed by atoms with Gasteiger partial charge in [-0.2, -0.15) is 26.3 Å². The fraction of sp³-hybridized carbons (Fsp3) is 0.548. The second kappa shape index (κ2) is 12.7. The van der Waals surface area contributed by atoms with Gasteiger partial charge in [-0.15, -0.1) is 0 Å². The summed E-state index contributed by atoms with van der Waals surface area (Å²) in [4.78, 5) is 28.8. The summed E-state index contributed by atoms with van der Waals surface area (Å²) >= 11 is 0. The van der Waals surface area contributed by atoms with Crippen LogP contribution in [-0.4, -0.2) is 53.9 Å². The van der Waals surface area contributed by atoms with Gasteiger partial charge in [-0.25, -0.2) is 0 Å². The first-order valence-electron chi connectivity index (χ1n) is 14.2. The number of rotatable bonds is 6. The Kier molecular flexibility index (Phi) is 9.59. The quantitative estimate of drug-likeness (QED) is 0.330. The van der Waals surface area contributed by atoms with E-state index in [0.29, 0.717) is 44.5 Å². The number of likely N-dealkylation sites (tertiary alicyclic amines) is 1. The molecule has 1 aliphatic carbocycles. The number of carbonyl (C=O) groups excluding carboxylic acids is 2. The van der Waals surface area contributed by atoms with E-state index in [1.807, 2.05) is 30.3 Å². The summed E-state index contributed by atoms with van der Waals surface area (Å²) in [7, 11) is 1.77. The van der Waals surface area contributed by atoms with Gasteiger partial charge in [0.15, 0.2) is 0 Å². The molecule has 230 valence electrons. The molecule has 0 radical (unpaired) electrons. The van der Waals surface area contributed by atoms with Crippen LogP contribution in [0.4, 0.5) is 26.3 Å². The molecule has 1 aliphatic heterocycles. The number of halogens is 6. The lowest BCUT2D eigenvalue weighted by Gasteiger charge is -2.42. The van der Waals surface area contributed by atoms with E-state index < -0.39 is 35.7 Å². The predicted octanol–water partition coefficient (Wildman–Crippen LogP) is 7.22. The molecule has 5 nitrogen and oxygen atoms in total. The molecule has 0 aromatic heterocycles. The Balaban J connectivity index is 1.51. The molecule has 2 aromatic rings. The van der Waals surface area contributed by atoms with Crippen molar-refractivity contribution >= 4 is 11.8 Å². The normalized spacial score (nSPS) is 24.3. The second-order valence-corrected chi connectivity index (χ2v) is 11.4. The molecular weight excluding hydrogens is 562 g/mol. The number of piperidine rings is 1. The van der Waals surface area contributed by atoms with Crippen molar-refractivity contribution in [2.24, 2.45) is 5.92 Å². The van der Waals surface area contributed by atoms with Gasteiger partial charge in [-0.05, 0) is 68.4 Å². The lowest BCUT2D eigenvalue weighted by Crippen LogP contribution is -2.49. The number of benzene rings is 2. The van der Waals surface area contributed by atoms with Crippen LogP contribution in [0.1, 0.15) is 80.2 Å². The maximum atomic E-state index is 13.5. The predicted molar refractivity (Wildman–Crippen MR) is 144 cm³/mol. The first kappa shape index (κ1) is 31.8. The number of amides is 2. The van der Waals surface area contributed by atoms with Crippen molar-refractivity contribution in [3.63, 3.8) is 0 Å². The Morgan fingerprint density at radius 1 is 0.905 bits per heavy atom. The number of alkyl halides is 6. The van der Waals surface area contributed by atoms with Gasteiger partial charge in [-0.1, -0.05) is 30.3 Å². The van der Waals surface area contributed by atoms with Crippen LogP contribution in [0.15, 0.2) is 48.5 Å². The van der Waals surface area contributed by atoms with Gasteiger partial charge < -0.3 is 14.5 Å². The van der Waals surface area contributed by atoms with Gasteiger partial charge in [-0.3, -0.25) is 9.59 Å². The van der Waals surface area contributed by atoms with Crippen molar-refractivity contribution in [2.45, 2.75) is 82.5 Å². The summed E-state index contributed by atoms with van der Waals surface area (Å²) < 4.78 is 86.9. The molecule has 1 heterocycles.